The summed E-state index contributed by atoms with van der Waals surface area (Å²) in [5, 5.41) is 0. The van der Waals surface area contributed by atoms with E-state index in [2.05, 4.69) is 43.5 Å². The van der Waals surface area contributed by atoms with Crippen molar-refractivity contribution in [2.24, 2.45) is 0 Å². The van der Waals surface area contributed by atoms with Crippen LogP contribution in [-0.4, -0.2) is 4.98 Å². The molecule has 4 heteroatoms. The van der Waals surface area contributed by atoms with Crippen LogP contribution < -0.4 is 0 Å². The van der Waals surface area contributed by atoms with Crippen molar-refractivity contribution in [2.75, 3.05) is 0 Å². The third-order valence-corrected chi connectivity index (χ3v) is 2.61. The highest BCUT2D eigenvalue weighted by Crippen LogP contribution is 2.17. The molecule has 0 aliphatic rings. The predicted molar refractivity (Wildman–Crippen MR) is 54.2 cm³/mol. The first-order valence-corrected chi connectivity index (χ1v) is 5.00. The monoisotopic (exact) mass is 331 g/mol. The maximum atomic E-state index is 5.63. The number of pyridine rings is 1. The van der Waals surface area contributed by atoms with Gasteiger partial charge in [-0.05, 0) is 44.6 Å². The third-order valence-electron chi connectivity index (χ3n) is 1.02. The SMILES string of the molecule is ClCc1cc(I)cnc1Br. The largest absolute Gasteiger partial charge is 0.248 e. The van der Waals surface area contributed by atoms with Crippen molar-refractivity contribution >= 4 is 50.1 Å². The summed E-state index contributed by atoms with van der Waals surface area (Å²) in [6.45, 7) is 0. The van der Waals surface area contributed by atoms with E-state index >= 15 is 0 Å². The van der Waals surface area contributed by atoms with E-state index in [9.17, 15) is 0 Å². The van der Waals surface area contributed by atoms with E-state index in [0.717, 1.165) is 13.7 Å². The highest BCUT2D eigenvalue weighted by molar-refractivity contribution is 14.1. The zero-order valence-corrected chi connectivity index (χ0v) is 9.44. The Kier molecular flexibility index (Phi) is 3.39. The van der Waals surface area contributed by atoms with Crippen molar-refractivity contribution in [1.82, 2.24) is 4.98 Å². The first kappa shape index (κ1) is 8.74. The van der Waals surface area contributed by atoms with Crippen LogP contribution in [0.2, 0.25) is 0 Å². The van der Waals surface area contributed by atoms with Crippen LogP contribution in [0.25, 0.3) is 0 Å². The van der Waals surface area contributed by atoms with E-state index in [1.807, 2.05) is 6.07 Å². The second kappa shape index (κ2) is 3.88. The standard InChI is InChI=1S/C6H4BrClIN/c7-6-4(2-8)1-5(9)3-10-6/h1,3H,2H2. The predicted octanol–water partition coefficient (Wildman–Crippen LogP) is 3.19. The summed E-state index contributed by atoms with van der Waals surface area (Å²) < 4.78 is 1.94. The Morgan fingerprint density at radius 1 is 1.70 bits per heavy atom. The minimum Gasteiger partial charge on any atom is -0.248 e. The molecule has 0 aliphatic heterocycles. The normalized spacial score (nSPS) is 9.90. The lowest BCUT2D eigenvalue weighted by Gasteiger charge is -1.97. The molecule has 54 valence electrons. The van der Waals surface area contributed by atoms with E-state index in [-0.39, 0.29) is 0 Å². The molecule has 1 aromatic rings. The molecule has 1 heterocycles. The topological polar surface area (TPSA) is 12.9 Å². The maximum Gasteiger partial charge on any atom is 0.110 e. The van der Waals surface area contributed by atoms with Gasteiger partial charge in [0.25, 0.3) is 0 Å². The van der Waals surface area contributed by atoms with Crippen molar-refractivity contribution in [3.8, 4) is 0 Å². The molecule has 0 radical (unpaired) electrons. The molecule has 0 saturated heterocycles. The van der Waals surface area contributed by atoms with Gasteiger partial charge >= 0.3 is 0 Å². The first-order chi connectivity index (χ1) is 4.74. The van der Waals surface area contributed by atoms with E-state index < -0.39 is 0 Å². The molecule has 1 nitrogen and oxygen atoms in total. The summed E-state index contributed by atoms with van der Waals surface area (Å²) >= 11 is 11.1. The van der Waals surface area contributed by atoms with Gasteiger partial charge in [0.1, 0.15) is 4.60 Å². The van der Waals surface area contributed by atoms with Gasteiger partial charge in [0, 0.05) is 15.3 Å². The minimum absolute atomic E-state index is 0.504. The number of halogens is 3. The average Bonchev–Trinajstić information content (AvgIpc) is 1.94. The third kappa shape index (κ3) is 2.07. The molecule has 1 aromatic heterocycles. The van der Waals surface area contributed by atoms with Gasteiger partial charge in [-0.25, -0.2) is 4.98 Å². The van der Waals surface area contributed by atoms with Crippen LogP contribution >= 0.6 is 50.1 Å². The zero-order chi connectivity index (χ0) is 7.56. The molecule has 0 aliphatic carbocycles. The number of hydrogen-bond acceptors (Lipinski definition) is 1. The minimum atomic E-state index is 0.504. The Labute approximate surface area is 86.4 Å². The van der Waals surface area contributed by atoms with Gasteiger partial charge in [-0.1, -0.05) is 0 Å². The van der Waals surface area contributed by atoms with Crippen molar-refractivity contribution in [3.63, 3.8) is 0 Å². The number of rotatable bonds is 1. The second-order valence-electron chi connectivity index (χ2n) is 1.74. The van der Waals surface area contributed by atoms with Gasteiger partial charge in [0.2, 0.25) is 0 Å². The van der Waals surface area contributed by atoms with Crippen molar-refractivity contribution < 1.29 is 0 Å². The quantitative estimate of drug-likeness (QED) is 0.437. The van der Waals surface area contributed by atoms with E-state index in [1.54, 1.807) is 6.20 Å². The zero-order valence-electron chi connectivity index (χ0n) is 4.94. The van der Waals surface area contributed by atoms with Crippen LogP contribution in [0.3, 0.4) is 0 Å². The highest BCUT2D eigenvalue weighted by atomic mass is 127. The smallest absolute Gasteiger partial charge is 0.110 e. The van der Waals surface area contributed by atoms with Gasteiger partial charge < -0.3 is 0 Å². The van der Waals surface area contributed by atoms with Crippen molar-refractivity contribution in [2.45, 2.75) is 5.88 Å². The molecule has 0 bridgehead atoms. The molecule has 0 amide bonds. The summed E-state index contributed by atoms with van der Waals surface area (Å²) in [6, 6.07) is 2.00. The molecular formula is C6H4BrClIN. The van der Waals surface area contributed by atoms with E-state index in [0.29, 0.717) is 5.88 Å². The summed E-state index contributed by atoms with van der Waals surface area (Å²) in [7, 11) is 0. The molecule has 1 rings (SSSR count). The Balaban J connectivity index is 3.09. The van der Waals surface area contributed by atoms with Crippen molar-refractivity contribution in [1.29, 1.82) is 0 Å². The number of aromatic nitrogens is 1. The van der Waals surface area contributed by atoms with Gasteiger partial charge in [0.05, 0.1) is 5.88 Å². The Bertz CT molecular complexity index is 241. The van der Waals surface area contributed by atoms with Crippen LogP contribution in [0.15, 0.2) is 16.9 Å². The second-order valence-corrected chi connectivity index (χ2v) is 4.00. The van der Waals surface area contributed by atoms with Crippen LogP contribution in [0.5, 0.6) is 0 Å². The maximum absolute atomic E-state index is 5.63. The number of alkyl halides is 1. The molecule has 0 spiro atoms. The lowest BCUT2D eigenvalue weighted by Crippen LogP contribution is -1.85. The van der Waals surface area contributed by atoms with Crippen LogP contribution in [0.1, 0.15) is 5.56 Å². The fraction of sp³-hybridized carbons (Fsp3) is 0.167. The fourth-order valence-electron chi connectivity index (χ4n) is 0.558. The molecule has 0 N–H and O–H groups in total. The van der Waals surface area contributed by atoms with Gasteiger partial charge in [-0.2, -0.15) is 0 Å². The summed E-state index contributed by atoms with van der Waals surface area (Å²) in [5.74, 6) is 0.504. The van der Waals surface area contributed by atoms with Crippen LogP contribution in [0, 0.1) is 3.57 Å². The van der Waals surface area contributed by atoms with E-state index in [1.165, 1.54) is 0 Å². The van der Waals surface area contributed by atoms with Gasteiger partial charge in [0.15, 0.2) is 0 Å². The van der Waals surface area contributed by atoms with Gasteiger partial charge in [-0.3, -0.25) is 0 Å². The first-order valence-electron chi connectivity index (χ1n) is 2.60. The highest BCUT2D eigenvalue weighted by Gasteiger charge is 1.98. The van der Waals surface area contributed by atoms with Crippen molar-refractivity contribution in [3.05, 3.63) is 26.0 Å². The fourth-order valence-corrected chi connectivity index (χ4v) is 1.80. The van der Waals surface area contributed by atoms with Gasteiger partial charge in [-0.15, -0.1) is 11.6 Å². The van der Waals surface area contributed by atoms with Crippen LogP contribution in [0.4, 0.5) is 0 Å². The molecule has 0 atom stereocenters. The molecule has 0 fully saturated rings. The van der Waals surface area contributed by atoms with E-state index in [4.69, 9.17) is 11.6 Å². The summed E-state index contributed by atoms with van der Waals surface area (Å²) in [4.78, 5) is 4.07. The Morgan fingerprint density at radius 2 is 2.40 bits per heavy atom. The lowest BCUT2D eigenvalue weighted by molar-refractivity contribution is 1.18. The Morgan fingerprint density at radius 3 is 2.90 bits per heavy atom. The Hall–Kier alpha value is 0.650. The summed E-state index contributed by atoms with van der Waals surface area (Å²) in [5.41, 5.74) is 1.04. The summed E-state index contributed by atoms with van der Waals surface area (Å²) in [6.07, 6.45) is 1.79. The molecule has 0 unspecified atom stereocenters. The molecule has 0 saturated carbocycles. The molecule has 10 heavy (non-hydrogen) atoms. The van der Waals surface area contributed by atoms with Crippen LogP contribution in [-0.2, 0) is 5.88 Å². The molecular weight excluding hydrogens is 328 g/mol. The number of nitrogens with zero attached hydrogens (tertiary/aromatic N) is 1. The lowest BCUT2D eigenvalue weighted by atomic mass is 10.3. The number of hydrogen-bond donors (Lipinski definition) is 0. The average molecular weight is 332 g/mol. The molecule has 0 aromatic carbocycles.